The number of fused-ring (bicyclic) bond motifs is 1. The molecule has 1 N–H and O–H groups in total. The Hall–Kier alpha value is -4.26. The summed E-state index contributed by atoms with van der Waals surface area (Å²) in [6.45, 7) is 2.40. The largest absolute Gasteiger partial charge is 0.496 e. The van der Waals surface area contributed by atoms with Gasteiger partial charge in [0, 0.05) is 31.5 Å². The second-order valence-electron chi connectivity index (χ2n) is 8.47. The van der Waals surface area contributed by atoms with E-state index in [1.165, 1.54) is 0 Å². The van der Waals surface area contributed by atoms with E-state index in [4.69, 9.17) is 9.47 Å². The molecule has 1 aliphatic rings. The first-order chi connectivity index (χ1) is 17.2. The van der Waals surface area contributed by atoms with Crippen LogP contribution in [-0.4, -0.2) is 48.1 Å². The van der Waals surface area contributed by atoms with Crippen molar-refractivity contribution in [1.82, 2.24) is 14.9 Å². The third-order valence-corrected chi connectivity index (χ3v) is 6.37. The fraction of sp³-hybridized carbons (Fsp3) is 0.214. The summed E-state index contributed by atoms with van der Waals surface area (Å²) in [6.07, 6.45) is 3.53. The fourth-order valence-electron chi connectivity index (χ4n) is 4.61. The maximum Gasteiger partial charge on any atom is 0.261 e. The number of hydrogen-bond acceptors (Lipinski definition) is 5. The van der Waals surface area contributed by atoms with Gasteiger partial charge in [0.15, 0.2) is 0 Å². The van der Waals surface area contributed by atoms with Gasteiger partial charge in [-0.25, -0.2) is 4.98 Å². The van der Waals surface area contributed by atoms with E-state index in [2.05, 4.69) is 45.2 Å². The van der Waals surface area contributed by atoms with E-state index in [1.807, 2.05) is 35.4 Å². The molecule has 3 aromatic carbocycles. The van der Waals surface area contributed by atoms with Gasteiger partial charge in [0.05, 0.1) is 32.8 Å². The van der Waals surface area contributed by atoms with Crippen molar-refractivity contribution in [3.05, 3.63) is 96.1 Å². The van der Waals surface area contributed by atoms with Crippen molar-refractivity contribution in [3.8, 4) is 22.6 Å². The third-order valence-electron chi connectivity index (χ3n) is 6.37. The molecule has 0 atom stereocenters. The summed E-state index contributed by atoms with van der Waals surface area (Å²) in [5, 5.41) is 0. The molecule has 0 unspecified atom stereocenters. The van der Waals surface area contributed by atoms with E-state index >= 15 is 0 Å². The van der Waals surface area contributed by atoms with Crippen LogP contribution in [0.15, 0.2) is 79.3 Å². The minimum atomic E-state index is -0.112. The lowest BCUT2D eigenvalue weighted by molar-refractivity contribution is 0.0744. The van der Waals surface area contributed by atoms with Gasteiger partial charge in [-0.15, -0.1) is 0 Å². The number of amides is 1. The number of aromatic nitrogens is 2. The highest BCUT2D eigenvalue weighted by atomic mass is 16.5. The Morgan fingerprint density at radius 1 is 0.943 bits per heavy atom. The zero-order chi connectivity index (χ0) is 24.2. The topological polar surface area (TPSA) is 70.7 Å². The molecule has 7 heteroatoms. The quantitative estimate of drug-likeness (QED) is 0.442. The first-order valence-corrected chi connectivity index (χ1v) is 11.6. The highest BCUT2D eigenvalue weighted by molar-refractivity contribution is 6.00. The van der Waals surface area contributed by atoms with Crippen molar-refractivity contribution in [2.45, 2.75) is 13.1 Å². The second-order valence-corrected chi connectivity index (χ2v) is 8.47. The molecule has 2 heterocycles. The Morgan fingerprint density at radius 3 is 2.40 bits per heavy atom. The lowest BCUT2D eigenvalue weighted by Gasteiger charge is -2.25. The molecule has 0 saturated carbocycles. The van der Waals surface area contributed by atoms with Crippen molar-refractivity contribution in [3.63, 3.8) is 0 Å². The second kappa shape index (κ2) is 9.93. The van der Waals surface area contributed by atoms with Crippen LogP contribution < -0.4 is 14.4 Å². The number of H-pyrrole nitrogens is 1. The summed E-state index contributed by atoms with van der Waals surface area (Å²) in [5.41, 5.74) is 5.93. The summed E-state index contributed by atoms with van der Waals surface area (Å²) in [7, 11) is 3.14. The average molecular weight is 469 g/mol. The molecule has 1 aromatic heterocycles. The predicted octanol–water partition coefficient (Wildman–Crippen LogP) is 4.76. The highest BCUT2D eigenvalue weighted by Gasteiger charge is 2.28. The van der Waals surface area contributed by atoms with Crippen LogP contribution in [0.2, 0.25) is 0 Å². The SMILES string of the molecule is COc1cccc(OC)c1C(=O)N1CCN(Cc2cnc[nH]2)c2ccc(-c3ccccc3)cc2C1. The number of carbonyl (C=O) groups is 1. The van der Waals surface area contributed by atoms with Crippen LogP contribution in [0.3, 0.4) is 0 Å². The summed E-state index contributed by atoms with van der Waals surface area (Å²) in [4.78, 5) is 25.4. The molecule has 0 radical (unpaired) electrons. The predicted molar refractivity (Wildman–Crippen MR) is 136 cm³/mol. The van der Waals surface area contributed by atoms with Crippen molar-refractivity contribution in [1.29, 1.82) is 0 Å². The van der Waals surface area contributed by atoms with E-state index in [1.54, 1.807) is 32.7 Å². The van der Waals surface area contributed by atoms with Crippen molar-refractivity contribution < 1.29 is 14.3 Å². The number of aromatic amines is 1. The number of nitrogens with one attached hydrogen (secondary N) is 1. The molecular formula is C28H28N4O3. The Labute approximate surface area is 204 Å². The molecule has 1 amide bonds. The van der Waals surface area contributed by atoms with Crippen molar-refractivity contribution in [2.24, 2.45) is 0 Å². The molecule has 0 saturated heterocycles. The minimum Gasteiger partial charge on any atom is -0.496 e. The lowest BCUT2D eigenvalue weighted by atomic mass is 10.0. The molecule has 5 rings (SSSR count). The molecule has 35 heavy (non-hydrogen) atoms. The van der Waals surface area contributed by atoms with Gasteiger partial charge in [0.25, 0.3) is 5.91 Å². The number of rotatable bonds is 6. The van der Waals surface area contributed by atoms with Gasteiger partial charge in [0.2, 0.25) is 0 Å². The monoisotopic (exact) mass is 468 g/mol. The summed E-state index contributed by atoms with van der Waals surface area (Å²) < 4.78 is 11.0. The van der Waals surface area contributed by atoms with Crippen LogP contribution in [0.5, 0.6) is 11.5 Å². The zero-order valence-electron chi connectivity index (χ0n) is 19.9. The molecule has 7 nitrogen and oxygen atoms in total. The van der Waals surface area contributed by atoms with Crippen molar-refractivity contribution in [2.75, 3.05) is 32.2 Å². The average Bonchev–Trinajstić information content (AvgIpc) is 3.36. The van der Waals surface area contributed by atoms with Gasteiger partial charge in [-0.3, -0.25) is 4.79 Å². The molecular weight excluding hydrogens is 440 g/mol. The Balaban J connectivity index is 1.54. The van der Waals surface area contributed by atoms with Crippen LogP contribution in [-0.2, 0) is 13.1 Å². The summed E-state index contributed by atoms with van der Waals surface area (Å²) in [6, 6.07) is 22.2. The number of methoxy groups -OCH3 is 2. The van der Waals surface area contributed by atoms with E-state index < -0.39 is 0 Å². The van der Waals surface area contributed by atoms with Crippen LogP contribution in [0.25, 0.3) is 11.1 Å². The normalized spacial score (nSPS) is 13.2. The molecule has 0 aliphatic carbocycles. The summed E-state index contributed by atoms with van der Waals surface area (Å²) in [5.74, 6) is 0.899. The van der Waals surface area contributed by atoms with Gasteiger partial charge in [-0.1, -0.05) is 42.5 Å². The van der Waals surface area contributed by atoms with Gasteiger partial charge < -0.3 is 24.3 Å². The molecule has 0 spiro atoms. The van der Waals surface area contributed by atoms with E-state index in [9.17, 15) is 4.79 Å². The molecule has 0 bridgehead atoms. The number of anilines is 1. The zero-order valence-corrected chi connectivity index (χ0v) is 19.9. The smallest absolute Gasteiger partial charge is 0.261 e. The Bertz CT molecular complexity index is 1280. The standard InChI is InChI=1S/C28H28N4O3/c1-34-25-9-6-10-26(35-2)27(25)28(33)32-14-13-31(18-23-16-29-19-30-23)24-12-11-21(15-22(24)17-32)20-7-4-3-5-8-20/h3-12,15-16,19H,13-14,17-18H2,1-2H3,(H,29,30). The Morgan fingerprint density at radius 2 is 1.71 bits per heavy atom. The number of hydrogen-bond donors (Lipinski definition) is 1. The molecule has 0 fully saturated rings. The minimum absolute atomic E-state index is 0.112. The summed E-state index contributed by atoms with van der Waals surface area (Å²) >= 11 is 0. The first-order valence-electron chi connectivity index (χ1n) is 11.6. The number of imidazole rings is 1. The fourth-order valence-corrected chi connectivity index (χ4v) is 4.61. The van der Waals surface area contributed by atoms with Gasteiger partial charge in [-0.05, 0) is 41.0 Å². The van der Waals surface area contributed by atoms with Crippen LogP contribution in [0, 0.1) is 0 Å². The number of nitrogens with zero attached hydrogens (tertiary/aromatic N) is 3. The number of ether oxygens (including phenoxy) is 2. The lowest BCUT2D eigenvalue weighted by Crippen LogP contribution is -2.35. The molecule has 178 valence electrons. The van der Waals surface area contributed by atoms with Crippen LogP contribution >= 0.6 is 0 Å². The van der Waals surface area contributed by atoms with Crippen LogP contribution in [0.1, 0.15) is 21.6 Å². The highest BCUT2D eigenvalue weighted by Crippen LogP contribution is 2.34. The third kappa shape index (κ3) is 4.57. The van der Waals surface area contributed by atoms with E-state index in [-0.39, 0.29) is 5.91 Å². The molecule has 1 aliphatic heterocycles. The maximum atomic E-state index is 13.8. The molecule has 4 aromatic rings. The van der Waals surface area contributed by atoms with Gasteiger partial charge in [-0.2, -0.15) is 0 Å². The van der Waals surface area contributed by atoms with Gasteiger partial charge in [0.1, 0.15) is 17.1 Å². The van der Waals surface area contributed by atoms with E-state index in [0.29, 0.717) is 43.2 Å². The number of carbonyl (C=O) groups excluding carboxylic acids is 1. The first kappa shape index (κ1) is 22.5. The Kier molecular flexibility index (Phi) is 6.39. The van der Waals surface area contributed by atoms with Gasteiger partial charge >= 0.3 is 0 Å². The van der Waals surface area contributed by atoms with E-state index in [0.717, 1.165) is 28.1 Å². The van der Waals surface area contributed by atoms with Crippen molar-refractivity contribution >= 4 is 11.6 Å². The number of benzene rings is 3. The maximum absolute atomic E-state index is 13.8. The van der Waals surface area contributed by atoms with Crippen LogP contribution in [0.4, 0.5) is 5.69 Å².